The number of hydrogen-bond donors (Lipinski definition) is 3. The molecule has 0 saturated heterocycles. The molecule has 0 radical (unpaired) electrons. The summed E-state index contributed by atoms with van der Waals surface area (Å²) in [5.74, 6) is 0.705. The van der Waals surface area contributed by atoms with E-state index < -0.39 is 6.17 Å². The molecule has 8 nitrogen and oxygen atoms in total. The molecule has 1 atom stereocenters. The lowest BCUT2D eigenvalue weighted by Gasteiger charge is -2.30. The van der Waals surface area contributed by atoms with Crippen molar-refractivity contribution < 1.29 is 4.79 Å². The highest BCUT2D eigenvalue weighted by Crippen LogP contribution is 2.25. The van der Waals surface area contributed by atoms with E-state index in [0.717, 1.165) is 23.2 Å². The molecule has 0 spiro atoms. The highest BCUT2D eigenvalue weighted by atomic mass is 35.5. The molecule has 3 aromatic rings. The Labute approximate surface area is 184 Å². The lowest BCUT2D eigenvalue weighted by atomic mass is 10.0. The molecule has 0 aliphatic carbocycles. The number of nitrogens with one attached hydrogen (secondary N) is 2. The molecule has 156 valence electrons. The van der Waals surface area contributed by atoms with E-state index in [2.05, 4.69) is 20.7 Å². The van der Waals surface area contributed by atoms with Gasteiger partial charge < -0.3 is 21.3 Å². The normalized spacial score (nSPS) is 14.2. The Hall–Kier alpha value is -2.81. The number of aryl methyl sites for hydroxylation is 1. The highest BCUT2D eigenvalue weighted by Gasteiger charge is 2.23. The summed E-state index contributed by atoms with van der Waals surface area (Å²) in [5.41, 5.74) is 9.84. The Kier molecular flexibility index (Phi) is 5.80. The Morgan fingerprint density at radius 3 is 2.77 bits per heavy atom. The van der Waals surface area contributed by atoms with Gasteiger partial charge >= 0.3 is 6.03 Å². The third-order valence-electron chi connectivity index (χ3n) is 4.94. The van der Waals surface area contributed by atoms with Crippen LogP contribution >= 0.6 is 23.2 Å². The number of amides is 2. The van der Waals surface area contributed by atoms with Gasteiger partial charge in [0.1, 0.15) is 12.0 Å². The Bertz CT molecular complexity index is 1080. The van der Waals surface area contributed by atoms with Crippen LogP contribution in [0.1, 0.15) is 22.9 Å². The van der Waals surface area contributed by atoms with Crippen molar-refractivity contribution in [1.29, 1.82) is 0 Å². The van der Waals surface area contributed by atoms with Crippen LogP contribution in [0.5, 0.6) is 0 Å². The monoisotopic (exact) mass is 445 g/mol. The van der Waals surface area contributed by atoms with Crippen molar-refractivity contribution in [3.8, 4) is 0 Å². The zero-order valence-electron chi connectivity index (χ0n) is 16.3. The summed E-state index contributed by atoms with van der Waals surface area (Å²) < 4.78 is 1.71. The number of carbonyl (C=O) groups excluding carboxylic acids is 1. The average molecular weight is 446 g/mol. The first kappa shape index (κ1) is 20.5. The van der Waals surface area contributed by atoms with Crippen molar-refractivity contribution in [3.63, 3.8) is 0 Å². The molecule has 30 heavy (non-hydrogen) atoms. The molecule has 1 aliphatic heterocycles. The van der Waals surface area contributed by atoms with E-state index in [0.29, 0.717) is 34.5 Å². The number of carbonyl (C=O) groups is 1. The molecule has 1 aromatic carbocycles. The summed E-state index contributed by atoms with van der Waals surface area (Å²) in [6.45, 7) is 1.06. The van der Waals surface area contributed by atoms with Gasteiger partial charge in [-0.05, 0) is 41.3 Å². The first-order valence-electron chi connectivity index (χ1n) is 9.38. The fourth-order valence-corrected chi connectivity index (χ4v) is 3.63. The Balaban J connectivity index is 1.42. The van der Waals surface area contributed by atoms with Gasteiger partial charge in [0.05, 0.1) is 21.9 Å². The summed E-state index contributed by atoms with van der Waals surface area (Å²) in [5, 5.41) is 11.0. The molecule has 0 bridgehead atoms. The van der Waals surface area contributed by atoms with Crippen molar-refractivity contribution in [1.82, 2.24) is 25.0 Å². The molecule has 2 amide bonds. The number of urea groups is 1. The maximum Gasteiger partial charge on any atom is 0.319 e. The Morgan fingerprint density at radius 2 is 2.03 bits per heavy atom. The zero-order valence-corrected chi connectivity index (χ0v) is 17.8. The minimum atomic E-state index is -0.686. The minimum Gasteiger partial charge on any atom is -0.338 e. The number of fused-ring (bicyclic) bond motifs is 1. The molecule has 1 aliphatic rings. The van der Waals surface area contributed by atoms with Crippen LogP contribution < -0.4 is 16.4 Å². The van der Waals surface area contributed by atoms with E-state index in [9.17, 15) is 4.79 Å². The summed E-state index contributed by atoms with van der Waals surface area (Å²) >= 11 is 12.0. The lowest BCUT2D eigenvalue weighted by Crippen LogP contribution is -2.46. The zero-order chi connectivity index (χ0) is 21.3. The standard InChI is InChI=1S/C20H21Cl2N7O/c1-28-11-15(9-25-28)26-18-7-14-10-29(5-4-13(14)8-24-18)20(30)27-19(23)12-2-3-16(21)17(22)6-12/h2-3,6-9,11,19H,4-5,10,23H2,1H3,(H,24,26)(H,27,30)/t19-/m0/s1. The second kappa shape index (κ2) is 8.51. The SMILES string of the molecule is Cn1cc(Nc2cc3c(cn2)CCN(C(=O)N[C@H](N)c2ccc(Cl)c(Cl)c2)C3)cn1. The fraction of sp³-hybridized carbons (Fsp3) is 0.250. The van der Waals surface area contributed by atoms with Crippen molar-refractivity contribution in [3.05, 3.63) is 69.6 Å². The van der Waals surface area contributed by atoms with Crippen LogP contribution in [0.25, 0.3) is 0 Å². The second-order valence-electron chi connectivity index (χ2n) is 7.14. The van der Waals surface area contributed by atoms with Gasteiger partial charge in [-0.25, -0.2) is 9.78 Å². The summed E-state index contributed by atoms with van der Waals surface area (Å²) in [7, 11) is 1.85. The van der Waals surface area contributed by atoms with Crippen LogP contribution in [-0.2, 0) is 20.0 Å². The number of hydrogen-bond acceptors (Lipinski definition) is 5. The number of rotatable bonds is 4. The van der Waals surface area contributed by atoms with Crippen molar-refractivity contribution >= 4 is 40.7 Å². The molecule has 10 heteroatoms. The number of nitrogens with two attached hydrogens (primary N) is 1. The first-order valence-corrected chi connectivity index (χ1v) is 10.1. The van der Waals surface area contributed by atoms with Crippen LogP contribution in [0.15, 0.2) is 42.9 Å². The number of benzene rings is 1. The lowest BCUT2D eigenvalue weighted by molar-refractivity contribution is 0.188. The highest BCUT2D eigenvalue weighted by molar-refractivity contribution is 6.42. The van der Waals surface area contributed by atoms with Crippen LogP contribution in [0.3, 0.4) is 0 Å². The van der Waals surface area contributed by atoms with Crippen LogP contribution in [-0.4, -0.2) is 32.2 Å². The van der Waals surface area contributed by atoms with Crippen molar-refractivity contribution in [2.75, 3.05) is 11.9 Å². The topological polar surface area (TPSA) is 101 Å². The van der Waals surface area contributed by atoms with Gasteiger partial charge in [0.25, 0.3) is 0 Å². The molecule has 3 heterocycles. The molecule has 4 rings (SSSR count). The molecule has 2 aromatic heterocycles. The molecular weight excluding hydrogens is 425 g/mol. The third kappa shape index (κ3) is 4.51. The van der Waals surface area contributed by atoms with E-state index in [4.69, 9.17) is 28.9 Å². The smallest absolute Gasteiger partial charge is 0.319 e. The molecule has 0 fully saturated rings. The van der Waals surface area contributed by atoms with E-state index >= 15 is 0 Å². The van der Waals surface area contributed by atoms with Gasteiger partial charge in [-0.1, -0.05) is 29.3 Å². The second-order valence-corrected chi connectivity index (χ2v) is 7.95. The van der Waals surface area contributed by atoms with Gasteiger partial charge in [0.2, 0.25) is 0 Å². The third-order valence-corrected chi connectivity index (χ3v) is 5.68. The van der Waals surface area contributed by atoms with E-state index in [-0.39, 0.29) is 6.03 Å². The van der Waals surface area contributed by atoms with Gasteiger partial charge in [-0.2, -0.15) is 5.10 Å². The molecule has 0 unspecified atom stereocenters. The Morgan fingerprint density at radius 1 is 1.20 bits per heavy atom. The predicted molar refractivity (Wildman–Crippen MR) is 117 cm³/mol. The van der Waals surface area contributed by atoms with Crippen LogP contribution in [0, 0.1) is 0 Å². The van der Waals surface area contributed by atoms with Crippen molar-refractivity contribution in [2.45, 2.75) is 19.1 Å². The van der Waals surface area contributed by atoms with Gasteiger partial charge in [-0.15, -0.1) is 0 Å². The maximum absolute atomic E-state index is 12.8. The number of anilines is 2. The number of halogens is 2. The summed E-state index contributed by atoms with van der Waals surface area (Å²) in [6.07, 6.45) is 5.49. The van der Waals surface area contributed by atoms with E-state index in [1.165, 1.54) is 0 Å². The van der Waals surface area contributed by atoms with Crippen molar-refractivity contribution in [2.24, 2.45) is 12.8 Å². The summed E-state index contributed by atoms with van der Waals surface area (Å²) in [4.78, 5) is 18.9. The predicted octanol–water partition coefficient (Wildman–Crippen LogP) is 3.59. The summed E-state index contributed by atoms with van der Waals surface area (Å²) in [6, 6.07) is 6.78. The van der Waals surface area contributed by atoms with Crippen LogP contribution in [0.2, 0.25) is 10.0 Å². The number of nitrogens with zero attached hydrogens (tertiary/aromatic N) is 4. The minimum absolute atomic E-state index is 0.238. The van der Waals surface area contributed by atoms with E-state index in [1.807, 2.05) is 25.5 Å². The number of pyridine rings is 1. The molecular formula is C20H21Cl2N7O. The van der Waals surface area contributed by atoms with Gasteiger partial charge in [0, 0.05) is 32.5 Å². The molecule has 4 N–H and O–H groups in total. The van der Waals surface area contributed by atoms with Gasteiger partial charge in [0.15, 0.2) is 0 Å². The quantitative estimate of drug-likeness (QED) is 0.532. The number of aromatic nitrogens is 3. The molecule has 0 saturated carbocycles. The fourth-order valence-electron chi connectivity index (χ4n) is 3.33. The van der Waals surface area contributed by atoms with E-state index in [1.54, 1.807) is 34.0 Å². The first-order chi connectivity index (χ1) is 14.4. The maximum atomic E-state index is 12.8. The largest absolute Gasteiger partial charge is 0.338 e. The van der Waals surface area contributed by atoms with Crippen LogP contribution in [0.4, 0.5) is 16.3 Å². The average Bonchev–Trinajstić information content (AvgIpc) is 3.13. The van der Waals surface area contributed by atoms with Gasteiger partial charge in [-0.3, -0.25) is 4.68 Å².